The van der Waals surface area contributed by atoms with Crippen molar-refractivity contribution in [1.29, 1.82) is 0 Å². The van der Waals surface area contributed by atoms with Gasteiger partial charge in [0, 0.05) is 30.1 Å². The minimum atomic E-state index is 0.107. The SMILES string of the molecule is O=C(CCn1ncc2ccccc21)N1CCCCCCOc2ccccc2Oc2ncccc2C1. The monoisotopic (exact) mass is 470 g/mol. The number of benzene rings is 2. The molecular formula is C28H30N4O3. The van der Waals surface area contributed by atoms with E-state index in [4.69, 9.17) is 9.47 Å². The van der Waals surface area contributed by atoms with E-state index >= 15 is 0 Å². The van der Waals surface area contributed by atoms with E-state index in [1.807, 2.05) is 76.4 Å². The van der Waals surface area contributed by atoms with Crippen molar-refractivity contribution in [2.45, 2.75) is 45.2 Å². The molecule has 7 nitrogen and oxygen atoms in total. The molecular weight excluding hydrogens is 440 g/mol. The van der Waals surface area contributed by atoms with Gasteiger partial charge in [0.1, 0.15) is 0 Å². The number of aryl methyl sites for hydroxylation is 1. The van der Waals surface area contributed by atoms with Crippen LogP contribution in [0, 0.1) is 0 Å². The number of hydrogen-bond donors (Lipinski definition) is 0. The highest BCUT2D eigenvalue weighted by atomic mass is 16.5. The van der Waals surface area contributed by atoms with E-state index in [0.717, 1.165) is 42.1 Å². The quantitative estimate of drug-likeness (QED) is 0.390. The second-order valence-corrected chi connectivity index (χ2v) is 8.77. The molecule has 0 aliphatic carbocycles. The van der Waals surface area contributed by atoms with Gasteiger partial charge in [0.2, 0.25) is 11.8 Å². The Labute approximate surface area is 205 Å². The summed E-state index contributed by atoms with van der Waals surface area (Å²) in [6, 6.07) is 19.6. The van der Waals surface area contributed by atoms with E-state index in [9.17, 15) is 4.79 Å². The zero-order valence-electron chi connectivity index (χ0n) is 19.8. The number of pyridine rings is 1. The van der Waals surface area contributed by atoms with Crippen molar-refractivity contribution in [3.8, 4) is 17.4 Å². The van der Waals surface area contributed by atoms with Crippen molar-refractivity contribution in [3.63, 3.8) is 0 Å². The predicted octanol–water partition coefficient (Wildman–Crippen LogP) is 5.60. The fourth-order valence-electron chi connectivity index (χ4n) is 4.40. The molecule has 2 aromatic heterocycles. The van der Waals surface area contributed by atoms with Gasteiger partial charge in [-0.15, -0.1) is 0 Å². The first kappa shape index (κ1) is 22.9. The van der Waals surface area contributed by atoms with Gasteiger partial charge in [-0.1, -0.05) is 49.2 Å². The van der Waals surface area contributed by atoms with E-state index in [-0.39, 0.29) is 5.91 Å². The lowest BCUT2D eigenvalue weighted by atomic mass is 10.1. The van der Waals surface area contributed by atoms with E-state index in [1.54, 1.807) is 6.20 Å². The Morgan fingerprint density at radius 1 is 0.914 bits per heavy atom. The third kappa shape index (κ3) is 5.62. The van der Waals surface area contributed by atoms with Crippen LogP contribution in [-0.2, 0) is 17.9 Å². The Bertz CT molecular complexity index is 1290. The molecule has 0 bridgehead atoms. The summed E-state index contributed by atoms with van der Waals surface area (Å²) in [6.45, 7) is 2.33. The van der Waals surface area contributed by atoms with Gasteiger partial charge >= 0.3 is 0 Å². The fourth-order valence-corrected chi connectivity index (χ4v) is 4.40. The minimum Gasteiger partial charge on any atom is -0.490 e. The van der Waals surface area contributed by atoms with Crippen LogP contribution in [-0.4, -0.2) is 38.7 Å². The molecule has 180 valence electrons. The van der Waals surface area contributed by atoms with E-state index < -0.39 is 0 Å². The lowest BCUT2D eigenvalue weighted by Gasteiger charge is -2.24. The molecule has 0 spiro atoms. The normalized spacial score (nSPS) is 14.8. The van der Waals surface area contributed by atoms with Crippen molar-refractivity contribution < 1.29 is 14.3 Å². The summed E-state index contributed by atoms with van der Waals surface area (Å²) < 4.78 is 14.1. The highest BCUT2D eigenvalue weighted by Gasteiger charge is 2.19. The fraction of sp³-hybridized carbons (Fsp3) is 0.321. The van der Waals surface area contributed by atoms with Gasteiger partial charge in [0.05, 0.1) is 31.4 Å². The molecule has 0 unspecified atom stereocenters. The third-order valence-electron chi connectivity index (χ3n) is 6.29. The van der Waals surface area contributed by atoms with Gasteiger partial charge < -0.3 is 14.4 Å². The Hall–Kier alpha value is -3.87. The summed E-state index contributed by atoms with van der Waals surface area (Å²) in [7, 11) is 0. The number of amides is 1. The van der Waals surface area contributed by atoms with Crippen LogP contribution in [0.5, 0.6) is 17.4 Å². The average Bonchev–Trinajstić information content (AvgIpc) is 3.30. The highest BCUT2D eigenvalue weighted by molar-refractivity contribution is 5.79. The summed E-state index contributed by atoms with van der Waals surface area (Å²) in [6.07, 6.45) is 7.96. The molecule has 4 aromatic rings. The summed E-state index contributed by atoms with van der Waals surface area (Å²) in [4.78, 5) is 19.8. The Balaban J connectivity index is 1.35. The molecule has 3 heterocycles. The van der Waals surface area contributed by atoms with Crippen molar-refractivity contribution in [2.75, 3.05) is 13.2 Å². The number of para-hydroxylation sites is 3. The molecule has 2 aromatic carbocycles. The maximum absolute atomic E-state index is 13.4. The van der Waals surface area contributed by atoms with Crippen LogP contribution >= 0.6 is 0 Å². The number of fused-ring (bicyclic) bond motifs is 3. The molecule has 0 radical (unpaired) electrons. The lowest BCUT2D eigenvalue weighted by molar-refractivity contribution is -0.132. The van der Waals surface area contributed by atoms with Crippen LogP contribution in [0.4, 0.5) is 0 Å². The number of nitrogens with zero attached hydrogens (tertiary/aromatic N) is 4. The van der Waals surface area contributed by atoms with E-state index in [1.165, 1.54) is 0 Å². The van der Waals surface area contributed by atoms with Gasteiger partial charge in [-0.25, -0.2) is 4.98 Å². The molecule has 0 saturated heterocycles. The van der Waals surface area contributed by atoms with Gasteiger partial charge in [0.25, 0.3) is 0 Å². The van der Waals surface area contributed by atoms with Crippen molar-refractivity contribution in [3.05, 3.63) is 78.6 Å². The topological polar surface area (TPSA) is 69.5 Å². The maximum Gasteiger partial charge on any atom is 0.224 e. The van der Waals surface area contributed by atoms with Gasteiger partial charge in [-0.05, 0) is 37.1 Å². The molecule has 1 amide bonds. The highest BCUT2D eigenvalue weighted by Crippen LogP contribution is 2.32. The number of aromatic nitrogens is 3. The van der Waals surface area contributed by atoms with Gasteiger partial charge in [-0.2, -0.15) is 5.10 Å². The molecule has 0 saturated carbocycles. The zero-order chi connectivity index (χ0) is 23.9. The second-order valence-electron chi connectivity index (χ2n) is 8.77. The summed E-state index contributed by atoms with van der Waals surface area (Å²) in [5.41, 5.74) is 1.92. The lowest BCUT2D eigenvalue weighted by Crippen LogP contribution is -2.32. The predicted molar refractivity (Wildman–Crippen MR) is 134 cm³/mol. The van der Waals surface area contributed by atoms with Crippen LogP contribution in [0.1, 0.15) is 37.7 Å². The van der Waals surface area contributed by atoms with Crippen LogP contribution in [0.15, 0.2) is 73.1 Å². The van der Waals surface area contributed by atoms with Crippen molar-refractivity contribution >= 4 is 16.8 Å². The Morgan fingerprint density at radius 2 is 1.74 bits per heavy atom. The van der Waals surface area contributed by atoms with Crippen LogP contribution in [0.2, 0.25) is 0 Å². The largest absolute Gasteiger partial charge is 0.490 e. The number of ether oxygens (including phenoxy) is 2. The number of carbonyl (C=O) groups excluding carboxylic acids is 1. The van der Waals surface area contributed by atoms with Gasteiger partial charge in [0.15, 0.2) is 11.5 Å². The van der Waals surface area contributed by atoms with E-state index in [2.05, 4.69) is 10.1 Å². The zero-order valence-corrected chi connectivity index (χ0v) is 19.8. The molecule has 0 atom stereocenters. The van der Waals surface area contributed by atoms with Crippen LogP contribution < -0.4 is 9.47 Å². The summed E-state index contributed by atoms with van der Waals surface area (Å²) in [5, 5.41) is 5.56. The first-order valence-electron chi connectivity index (χ1n) is 12.3. The number of rotatable bonds is 3. The summed E-state index contributed by atoms with van der Waals surface area (Å²) in [5.74, 6) is 1.94. The van der Waals surface area contributed by atoms with Crippen LogP contribution in [0.3, 0.4) is 0 Å². The van der Waals surface area contributed by atoms with E-state index in [0.29, 0.717) is 50.0 Å². The van der Waals surface area contributed by atoms with Crippen LogP contribution in [0.25, 0.3) is 10.9 Å². The standard InChI is InChI=1S/C28H30N4O3/c33-27(15-18-32-24-12-4-3-10-22(24)20-30-32)31-17-7-1-2-8-19-34-25-13-5-6-14-26(25)35-28-23(21-31)11-9-16-29-28/h3-6,9-14,16,20H,1-2,7-8,15,17-19,21H2. The first-order chi connectivity index (χ1) is 17.3. The number of hydrogen-bond acceptors (Lipinski definition) is 5. The van der Waals surface area contributed by atoms with Crippen molar-refractivity contribution in [1.82, 2.24) is 19.7 Å². The molecule has 7 heteroatoms. The summed E-state index contributed by atoms with van der Waals surface area (Å²) >= 11 is 0. The molecule has 0 fully saturated rings. The molecule has 0 N–H and O–H groups in total. The molecule has 1 aliphatic heterocycles. The maximum atomic E-state index is 13.4. The second kappa shape index (κ2) is 11.0. The first-order valence-corrected chi connectivity index (χ1v) is 12.3. The number of carbonyl (C=O) groups is 1. The minimum absolute atomic E-state index is 0.107. The third-order valence-corrected chi connectivity index (χ3v) is 6.29. The Kier molecular flexibility index (Phi) is 7.22. The van der Waals surface area contributed by atoms with Gasteiger partial charge in [-0.3, -0.25) is 9.48 Å². The molecule has 35 heavy (non-hydrogen) atoms. The Morgan fingerprint density at radius 3 is 2.69 bits per heavy atom. The molecule has 1 aliphatic rings. The van der Waals surface area contributed by atoms with Crippen molar-refractivity contribution in [2.24, 2.45) is 0 Å². The molecule has 5 rings (SSSR count). The smallest absolute Gasteiger partial charge is 0.224 e. The average molecular weight is 471 g/mol.